The quantitative estimate of drug-likeness (QED) is 0.421. The number of hydrogen-bond donors (Lipinski definition) is 2. The summed E-state index contributed by atoms with van der Waals surface area (Å²) in [7, 11) is 0. The van der Waals surface area contributed by atoms with Crippen LogP contribution in [0.15, 0.2) is 45.0 Å². The molecule has 0 unspecified atom stereocenters. The first-order valence-electron chi connectivity index (χ1n) is 5.98. The van der Waals surface area contributed by atoms with Gasteiger partial charge in [-0.3, -0.25) is 14.6 Å². The zero-order valence-electron chi connectivity index (χ0n) is 10.6. The minimum atomic E-state index is -0.295. The lowest BCUT2D eigenvalue weighted by molar-refractivity contribution is 0.102. The molecule has 0 fully saturated rings. The second-order valence-electron chi connectivity index (χ2n) is 4.19. The highest BCUT2D eigenvalue weighted by atomic mass is 79.9. The van der Waals surface area contributed by atoms with Gasteiger partial charge in [0, 0.05) is 10.0 Å². The van der Waals surface area contributed by atoms with Crippen LogP contribution in [0.5, 0.6) is 0 Å². The van der Waals surface area contributed by atoms with Gasteiger partial charge in [-0.15, -0.1) is 0 Å². The summed E-state index contributed by atoms with van der Waals surface area (Å²) < 4.78 is 0.918. The number of aromatic amines is 2. The minimum Gasteiger partial charge on any atom is -0.339 e. The molecule has 2 heterocycles. The van der Waals surface area contributed by atoms with Crippen LogP contribution in [0.25, 0.3) is 11.2 Å². The van der Waals surface area contributed by atoms with Gasteiger partial charge in [-0.25, -0.2) is 9.97 Å². The van der Waals surface area contributed by atoms with E-state index in [2.05, 4.69) is 35.9 Å². The van der Waals surface area contributed by atoms with Crippen LogP contribution in [0.1, 0.15) is 10.4 Å². The number of nitrogens with one attached hydrogen (secondary N) is 2. The number of imidazole rings is 1. The summed E-state index contributed by atoms with van der Waals surface area (Å²) >= 11 is 4.50. The summed E-state index contributed by atoms with van der Waals surface area (Å²) in [5.41, 5.74) is 1.00. The molecule has 1 aromatic carbocycles. The maximum atomic E-state index is 12.1. The van der Waals surface area contributed by atoms with Gasteiger partial charge in [-0.2, -0.15) is 0 Å². The zero-order valence-corrected chi connectivity index (χ0v) is 13.0. The van der Waals surface area contributed by atoms with Gasteiger partial charge < -0.3 is 4.98 Å². The number of benzene rings is 1. The van der Waals surface area contributed by atoms with E-state index in [0.29, 0.717) is 21.9 Å². The van der Waals surface area contributed by atoms with Crippen LogP contribution in [0.3, 0.4) is 0 Å². The molecule has 2 aromatic heterocycles. The molecule has 2 N–H and O–H groups in total. The van der Waals surface area contributed by atoms with Gasteiger partial charge in [0.05, 0.1) is 12.1 Å². The Balaban J connectivity index is 1.75. The van der Waals surface area contributed by atoms with Gasteiger partial charge >= 0.3 is 0 Å². The molecule has 0 saturated carbocycles. The fraction of sp³-hybridized carbons (Fsp3) is 0.0769. The van der Waals surface area contributed by atoms with E-state index >= 15 is 0 Å². The molecule has 0 amide bonds. The summed E-state index contributed by atoms with van der Waals surface area (Å²) in [4.78, 5) is 37.2. The van der Waals surface area contributed by atoms with E-state index in [4.69, 9.17) is 0 Å². The predicted molar refractivity (Wildman–Crippen MR) is 83.7 cm³/mol. The standard InChI is InChI=1S/C13H9BrN4O2S/c14-8-3-1-7(2-4-8)9(19)5-21-13-17-11-10(12(20)18-13)15-6-16-11/h1-4,6H,5H2,(H2,15,16,17,18,20). The fourth-order valence-corrected chi connectivity index (χ4v) is 2.76. The number of rotatable bonds is 4. The third-order valence-electron chi connectivity index (χ3n) is 2.78. The normalized spacial score (nSPS) is 10.9. The number of carbonyl (C=O) groups excluding carboxylic acids is 1. The highest BCUT2D eigenvalue weighted by Crippen LogP contribution is 2.16. The first-order valence-corrected chi connectivity index (χ1v) is 7.76. The van der Waals surface area contributed by atoms with Gasteiger partial charge in [0.15, 0.2) is 22.1 Å². The van der Waals surface area contributed by atoms with Gasteiger partial charge in [-0.1, -0.05) is 39.8 Å². The van der Waals surface area contributed by atoms with Crippen LogP contribution in [0.4, 0.5) is 0 Å². The molecule has 0 saturated heterocycles. The Bertz CT molecular complexity index is 856. The smallest absolute Gasteiger partial charge is 0.277 e. The van der Waals surface area contributed by atoms with E-state index in [0.717, 1.165) is 4.47 Å². The molecule has 0 aliphatic carbocycles. The molecule has 0 spiro atoms. The lowest BCUT2D eigenvalue weighted by atomic mass is 10.2. The van der Waals surface area contributed by atoms with Crippen molar-refractivity contribution in [1.29, 1.82) is 0 Å². The summed E-state index contributed by atoms with van der Waals surface area (Å²) in [6.07, 6.45) is 1.41. The van der Waals surface area contributed by atoms with Gasteiger partial charge in [0.2, 0.25) is 0 Å². The lowest BCUT2D eigenvalue weighted by Crippen LogP contribution is -2.10. The highest BCUT2D eigenvalue weighted by molar-refractivity contribution is 9.10. The molecule has 0 atom stereocenters. The Hall–Kier alpha value is -1.93. The Kier molecular flexibility index (Phi) is 3.89. The third-order valence-corrected chi connectivity index (χ3v) is 4.18. The second kappa shape index (κ2) is 5.82. The summed E-state index contributed by atoms with van der Waals surface area (Å²) in [6, 6.07) is 7.13. The molecule has 3 rings (SSSR count). The lowest BCUT2D eigenvalue weighted by Gasteiger charge is -2.01. The van der Waals surface area contributed by atoms with Crippen molar-refractivity contribution in [2.45, 2.75) is 5.16 Å². The first kappa shape index (κ1) is 14.0. The van der Waals surface area contributed by atoms with E-state index < -0.39 is 0 Å². The molecule has 0 bridgehead atoms. The number of carbonyl (C=O) groups is 1. The molecular weight excluding hydrogens is 356 g/mol. The third kappa shape index (κ3) is 3.06. The molecule has 0 aliphatic heterocycles. The van der Waals surface area contributed by atoms with Crippen LogP contribution < -0.4 is 5.56 Å². The summed E-state index contributed by atoms with van der Waals surface area (Å²) in [6.45, 7) is 0. The number of ketones is 1. The second-order valence-corrected chi connectivity index (χ2v) is 6.07. The van der Waals surface area contributed by atoms with Crippen LogP contribution >= 0.6 is 27.7 Å². The average Bonchev–Trinajstić information content (AvgIpc) is 2.94. The van der Waals surface area contributed by atoms with Crippen molar-refractivity contribution >= 4 is 44.6 Å². The number of halogens is 1. The Morgan fingerprint density at radius 1 is 1.29 bits per heavy atom. The topological polar surface area (TPSA) is 91.5 Å². The van der Waals surface area contributed by atoms with E-state index in [1.807, 2.05) is 12.1 Å². The maximum Gasteiger partial charge on any atom is 0.277 e. The first-order chi connectivity index (χ1) is 10.1. The fourth-order valence-electron chi connectivity index (χ4n) is 1.74. The summed E-state index contributed by atoms with van der Waals surface area (Å²) in [5, 5.41) is 0.380. The van der Waals surface area contributed by atoms with Crippen molar-refractivity contribution in [1.82, 2.24) is 19.9 Å². The average molecular weight is 365 g/mol. The van der Waals surface area contributed by atoms with E-state index in [9.17, 15) is 9.59 Å². The summed E-state index contributed by atoms with van der Waals surface area (Å²) in [5.74, 6) is 0.165. The van der Waals surface area contributed by atoms with Crippen LogP contribution in [-0.4, -0.2) is 31.5 Å². The van der Waals surface area contributed by atoms with Crippen molar-refractivity contribution in [3.05, 3.63) is 51.0 Å². The predicted octanol–water partition coefficient (Wildman–Crippen LogP) is 2.38. The highest BCUT2D eigenvalue weighted by Gasteiger charge is 2.10. The number of aromatic nitrogens is 4. The molecule has 0 aliphatic rings. The number of thioether (sulfide) groups is 1. The molecule has 6 nitrogen and oxygen atoms in total. The van der Waals surface area contributed by atoms with Crippen molar-refractivity contribution in [3.63, 3.8) is 0 Å². The monoisotopic (exact) mass is 364 g/mol. The molecular formula is C13H9BrN4O2S. The van der Waals surface area contributed by atoms with Crippen molar-refractivity contribution in [2.75, 3.05) is 5.75 Å². The van der Waals surface area contributed by atoms with E-state index in [-0.39, 0.29) is 17.1 Å². The number of hydrogen-bond acceptors (Lipinski definition) is 5. The molecule has 3 aromatic rings. The van der Waals surface area contributed by atoms with Crippen LogP contribution in [-0.2, 0) is 0 Å². The number of Topliss-reactive ketones (excluding diaryl/α,β-unsaturated/α-hetero) is 1. The maximum absolute atomic E-state index is 12.1. The van der Waals surface area contributed by atoms with E-state index in [1.165, 1.54) is 18.1 Å². The Morgan fingerprint density at radius 3 is 2.81 bits per heavy atom. The van der Waals surface area contributed by atoms with Crippen molar-refractivity contribution in [2.24, 2.45) is 0 Å². The molecule has 21 heavy (non-hydrogen) atoms. The molecule has 8 heteroatoms. The zero-order chi connectivity index (χ0) is 14.8. The van der Waals surface area contributed by atoms with Gasteiger partial charge in [0.25, 0.3) is 5.56 Å². The van der Waals surface area contributed by atoms with Crippen molar-refractivity contribution < 1.29 is 4.79 Å². The van der Waals surface area contributed by atoms with Crippen LogP contribution in [0.2, 0.25) is 0 Å². The SMILES string of the molecule is O=C(CSc1nc2nc[nH]c2c(=O)[nH]1)c1ccc(Br)cc1. The Morgan fingerprint density at radius 2 is 2.05 bits per heavy atom. The minimum absolute atomic E-state index is 0.0303. The van der Waals surface area contributed by atoms with E-state index in [1.54, 1.807) is 12.1 Å². The molecule has 106 valence electrons. The van der Waals surface area contributed by atoms with Gasteiger partial charge in [0.1, 0.15) is 0 Å². The number of nitrogens with zero attached hydrogens (tertiary/aromatic N) is 2. The Labute approximate surface area is 131 Å². The van der Waals surface area contributed by atoms with Crippen LogP contribution in [0, 0.1) is 0 Å². The van der Waals surface area contributed by atoms with Gasteiger partial charge in [-0.05, 0) is 12.1 Å². The van der Waals surface area contributed by atoms with Crippen molar-refractivity contribution in [3.8, 4) is 0 Å². The largest absolute Gasteiger partial charge is 0.339 e. The number of H-pyrrole nitrogens is 2. The molecule has 0 radical (unpaired) electrons. The number of fused-ring (bicyclic) bond motifs is 1.